The number of alkyl halides is 3. The van der Waals surface area contributed by atoms with Gasteiger partial charge in [0.15, 0.2) is 0 Å². The molecule has 1 atom stereocenters. The van der Waals surface area contributed by atoms with Gasteiger partial charge < -0.3 is 10.6 Å². The number of piperidine rings is 1. The van der Waals surface area contributed by atoms with Gasteiger partial charge in [0.1, 0.15) is 5.69 Å². The van der Waals surface area contributed by atoms with Gasteiger partial charge in [0.05, 0.1) is 12.1 Å². The first-order chi connectivity index (χ1) is 9.36. The Bertz CT molecular complexity index is 490. The van der Waals surface area contributed by atoms with Crippen LogP contribution in [0.2, 0.25) is 0 Å². The van der Waals surface area contributed by atoms with E-state index in [1.165, 1.54) is 12.1 Å². The van der Waals surface area contributed by atoms with Crippen molar-refractivity contribution in [3.8, 4) is 0 Å². The lowest BCUT2D eigenvalue weighted by Crippen LogP contribution is -2.46. The highest BCUT2D eigenvalue weighted by molar-refractivity contribution is 5.78. The number of nitrogens with two attached hydrogens (primary N) is 1. The van der Waals surface area contributed by atoms with Crippen LogP contribution < -0.4 is 5.73 Å². The topological polar surface area (TPSA) is 59.2 Å². The largest absolute Gasteiger partial charge is 0.433 e. The van der Waals surface area contributed by atoms with E-state index in [0.717, 1.165) is 18.9 Å². The first-order valence-electron chi connectivity index (χ1n) is 6.43. The fourth-order valence-corrected chi connectivity index (χ4v) is 2.24. The van der Waals surface area contributed by atoms with Crippen LogP contribution in [-0.4, -0.2) is 34.9 Å². The van der Waals surface area contributed by atoms with E-state index in [0.29, 0.717) is 13.1 Å². The van der Waals surface area contributed by atoms with Crippen LogP contribution in [0.15, 0.2) is 18.2 Å². The molecule has 110 valence electrons. The zero-order chi connectivity index (χ0) is 14.8. The normalized spacial score (nSPS) is 20.0. The van der Waals surface area contributed by atoms with Gasteiger partial charge in [-0.25, -0.2) is 4.98 Å². The van der Waals surface area contributed by atoms with Gasteiger partial charge in [-0.15, -0.1) is 0 Å². The van der Waals surface area contributed by atoms with Crippen molar-refractivity contribution in [3.05, 3.63) is 29.6 Å². The SMILES string of the molecule is NC1CCCN(C(=O)Cc2cccc(C(F)(F)F)n2)C1. The molecule has 0 saturated carbocycles. The molecule has 1 aromatic rings. The molecule has 0 aliphatic carbocycles. The second-order valence-corrected chi connectivity index (χ2v) is 4.93. The molecule has 0 radical (unpaired) electrons. The van der Waals surface area contributed by atoms with Crippen LogP contribution >= 0.6 is 0 Å². The number of amides is 1. The van der Waals surface area contributed by atoms with Crippen molar-refractivity contribution in [2.75, 3.05) is 13.1 Å². The van der Waals surface area contributed by atoms with Crippen molar-refractivity contribution in [1.29, 1.82) is 0 Å². The van der Waals surface area contributed by atoms with Crippen LogP contribution in [-0.2, 0) is 17.4 Å². The monoisotopic (exact) mass is 287 g/mol. The lowest BCUT2D eigenvalue weighted by atomic mass is 10.1. The molecule has 2 N–H and O–H groups in total. The zero-order valence-electron chi connectivity index (χ0n) is 10.9. The molecule has 1 saturated heterocycles. The second kappa shape index (κ2) is 5.78. The average Bonchev–Trinajstić information content (AvgIpc) is 2.38. The molecule has 2 heterocycles. The highest BCUT2D eigenvalue weighted by atomic mass is 19.4. The van der Waals surface area contributed by atoms with Gasteiger partial charge in [-0.1, -0.05) is 6.07 Å². The van der Waals surface area contributed by atoms with Crippen molar-refractivity contribution in [1.82, 2.24) is 9.88 Å². The van der Waals surface area contributed by atoms with Crippen LogP contribution in [0.5, 0.6) is 0 Å². The number of aromatic nitrogens is 1. The molecule has 20 heavy (non-hydrogen) atoms. The lowest BCUT2D eigenvalue weighted by Gasteiger charge is -2.30. The maximum absolute atomic E-state index is 12.5. The number of carbonyl (C=O) groups is 1. The van der Waals surface area contributed by atoms with E-state index in [-0.39, 0.29) is 24.1 Å². The molecule has 2 rings (SSSR count). The van der Waals surface area contributed by atoms with Crippen LogP contribution in [0.25, 0.3) is 0 Å². The van der Waals surface area contributed by atoms with E-state index in [1.54, 1.807) is 4.90 Å². The lowest BCUT2D eigenvalue weighted by molar-refractivity contribution is -0.141. The van der Waals surface area contributed by atoms with E-state index in [9.17, 15) is 18.0 Å². The Morgan fingerprint density at radius 3 is 2.85 bits per heavy atom. The Labute approximate surface area is 114 Å². The number of halogens is 3. The number of hydrogen-bond acceptors (Lipinski definition) is 3. The van der Waals surface area contributed by atoms with Crippen LogP contribution in [0.1, 0.15) is 24.2 Å². The van der Waals surface area contributed by atoms with Gasteiger partial charge >= 0.3 is 6.18 Å². The molecule has 1 aliphatic heterocycles. The molecular weight excluding hydrogens is 271 g/mol. The van der Waals surface area contributed by atoms with Gasteiger partial charge in [0.2, 0.25) is 5.91 Å². The van der Waals surface area contributed by atoms with Gasteiger partial charge in [-0.2, -0.15) is 13.2 Å². The van der Waals surface area contributed by atoms with Crippen LogP contribution in [0.3, 0.4) is 0 Å². The Balaban J connectivity index is 2.04. The summed E-state index contributed by atoms with van der Waals surface area (Å²) >= 11 is 0. The summed E-state index contributed by atoms with van der Waals surface area (Å²) in [4.78, 5) is 17.1. The first kappa shape index (κ1) is 14.8. The Morgan fingerprint density at radius 1 is 1.45 bits per heavy atom. The highest BCUT2D eigenvalue weighted by Crippen LogP contribution is 2.27. The summed E-state index contributed by atoms with van der Waals surface area (Å²) in [7, 11) is 0. The zero-order valence-corrected chi connectivity index (χ0v) is 10.9. The van der Waals surface area contributed by atoms with E-state index >= 15 is 0 Å². The van der Waals surface area contributed by atoms with E-state index < -0.39 is 11.9 Å². The Kier molecular flexibility index (Phi) is 4.27. The summed E-state index contributed by atoms with van der Waals surface area (Å²) in [5.74, 6) is -0.230. The third-order valence-corrected chi connectivity index (χ3v) is 3.24. The number of carbonyl (C=O) groups excluding carboxylic acids is 1. The Hall–Kier alpha value is -1.63. The fourth-order valence-electron chi connectivity index (χ4n) is 2.24. The molecule has 1 unspecified atom stereocenters. The molecule has 1 aliphatic rings. The van der Waals surface area contributed by atoms with Crippen LogP contribution in [0.4, 0.5) is 13.2 Å². The molecule has 0 aromatic carbocycles. The molecule has 1 aromatic heterocycles. The predicted molar refractivity (Wildman–Crippen MR) is 66.7 cm³/mol. The number of pyridine rings is 1. The minimum absolute atomic E-state index is 0.0535. The fraction of sp³-hybridized carbons (Fsp3) is 0.538. The maximum atomic E-state index is 12.5. The predicted octanol–water partition coefficient (Wildman–Crippen LogP) is 1.59. The van der Waals surface area contributed by atoms with Gasteiger partial charge in [-0.3, -0.25) is 4.79 Å². The van der Waals surface area contributed by atoms with E-state index in [1.807, 2.05) is 0 Å². The highest BCUT2D eigenvalue weighted by Gasteiger charge is 2.32. The van der Waals surface area contributed by atoms with Crippen molar-refractivity contribution in [2.45, 2.75) is 31.5 Å². The molecular formula is C13H16F3N3O. The summed E-state index contributed by atoms with van der Waals surface area (Å²) in [6.07, 6.45) is -2.93. The van der Waals surface area contributed by atoms with Gasteiger partial charge in [-0.05, 0) is 25.0 Å². The molecule has 1 fully saturated rings. The average molecular weight is 287 g/mol. The van der Waals surface area contributed by atoms with E-state index in [2.05, 4.69) is 4.98 Å². The second-order valence-electron chi connectivity index (χ2n) is 4.93. The number of nitrogens with zero attached hydrogens (tertiary/aromatic N) is 2. The number of hydrogen-bond donors (Lipinski definition) is 1. The Morgan fingerprint density at radius 2 is 2.20 bits per heavy atom. The molecule has 4 nitrogen and oxygen atoms in total. The third kappa shape index (κ3) is 3.69. The summed E-state index contributed by atoms with van der Waals surface area (Å²) in [6.45, 7) is 1.06. The van der Waals surface area contributed by atoms with Gasteiger partial charge in [0, 0.05) is 19.1 Å². The molecule has 0 bridgehead atoms. The first-order valence-corrected chi connectivity index (χ1v) is 6.43. The minimum Gasteiger partial charge on any atom is -0.341 e. The maximum Gasteiger partial charge on any atom is 0.433 e. The molecule has 7 heteroatoms. The molecule has 1 amide bonds. The molecule has 0 spiro atoms. The van der Waals surface area contributed by atoms with Crippen molar-refractivity contribution in [3.63, 3.8) is 0 Å². The summed E-state index contributed by atoms with van der Waals surface area (Å²) < 4.78 is 37.6. The quantitative estimate of drug-likeness (QED) is 0.898. The summed E-state index contributed by atoms with van der Waals surface area (Å²) in [5.41, 5.74) is 4.93. The smallest absolute Gasteiger partial charge is 0.341 e. The van der Waals surface area contributed by atoms with Crippen molar-refractivity contribution < 1.29 is 18.0 Å². The number of rotatable bonds is 2. The summed E-state index contributed by atoms with van der Waals surface area (Å²) in [5, 5.41) is 0. The van der Waals surface area contributed by atoms with Gasteiger partial charge in [0.25, 0.3) is 0 Å². The third-order valence-electron chi connectivity index (χ3n) is 3.24. The summed E-state index contributed by atoms with van der Waals surface area (Å²) in [6, 6.07) is 3.53. The van der Waals surface area contributed by atoms with E-state index in [4.69, 9.17) is 5.73 Å². The van der Waals surface area contributed by atoms with Crippen molar-refractivity contribution in [2.24, 2.45) is 5.73 Å². The van der Waals surface area contributed by atoms with Crippen LogP contribution in [0, 0.1) is 0 Å². The minimum atomic E-state index is -4.49. The standard InChI is InChI=1S/C13H16F3N3O/c14-13(15,16)11-5-1-4-10(18-11)7-12(20)19-6-2-3-9(17)8-19/h1,4-5,9H,2-3,6-8,17H2. The number of likely N-dealkylation sites (tertiary alicyclic amines) is 1. The van der Waals surface area contributed by atoms with Crippen molar-refractivity contribution >= 4 is 5.91 Å².